The van der Waals surface area contributed by atoms with E-state index in [-0.39, 0.29) is 16.6 Å². The minimum atomic E-state index is -1.18. The molecule has 0 atom stereocenters. The van der Waals surface area contributed by atoms with E-state index in [0.717, 1.165) is 0 Å². The molecule has 1 aromatic carbocycles. The van der Waals surface area contributed by atoms with E-state index in [9.17, 15) is 14.4 Å². The number of carbonyl (C=O) groups is 2. The van der Waals surface area contributed by atoms with Crippen molar-refractivity contribution in [1.29, 1.82) is 0 Å². The Morgan fingerprint density at radius 2 is 2.10 bits per heavy atom. The summed E-state index contributed by atoms with van der Waals surface area (Å²) in [6, 6.07) is 5.06. The lowest BCUT2D eigenvalue weighted by molar-refractivity contribution is -0.135. The van der Waals surface area contributed by atoms with Crippen molar-refractivity contribution in [1.82, 2.24) is 9.88 Å². The Morgan fingerprint density at radius 1 is 1.38 bits per heavy atom. The molecule has 0 saturated heterocycles. The van der Waals surface area contributed by atoms with E-state index in [2.05, 4.69) is 5.32 Å². The van der Waals surface area contributed by atoms with Gasteiger partial charge in [-0.2, -0.15) is 0 Å². The van der Waals surface area contributed by atoms with Gasteiger partial charge in [0.2, 0.25) is 5.43 Å². The van der Waals surface area contributed by atoms with Gasteiger partial charge in [0.15, 0.2) is 0 Å². The number of aromatic nitrogens is 1. The maximum absolute atomic E-state index is 12.4. The highest BCUT2D eigenvalue weighted by Gasteiger charge is 2.16. The Hall–Kier alpha value is -2.83. The number of pyridine rings is 1. The van der Waals surface area contributed by atoms with Crippen LogP contribution < -0.4 is 16.5 Å². The van der Waals surface area contributed by atoms with Crippen LogP contribution in [0.5, 0.6) is 0 Å². The van der Waals surface area contributed by atoms with Crippen LogP contribution in [0.4, 0.5) is 5.69 Å². The maximum atomic E-state index is 12.4. The summed E-state index contributed by atoms with van der Waals surface area (Å²) in [7, 11) is 0. The highest BCUT2D eigenvalue weighted by molar-refractivity contribution is 6.00. The number of anilines is 1. The number of aliphatic carboxylic acids is 1. The van der Waals surface area contributed by atoms with Gasteiger partial charge in [0, 0.05) is 18.4 Å². The molecule has 21 heavy (non-hydrogen) atoms. The van der Waals surface area contributed by atoms with Gasteiger partial charge < -0.3 is 20.7 Å². The van der Waals surface area contributed by atoms with Crippen LogP contribution in [0.3, 0.4) is 0 Å². The maximum Gasteiger partial charge on any atom is 0.322 e. The minimum absolute atomic E-state index is 0.122. The molecule has 1 heterocycles. The fraction of sp³-hybridized carbons (Fsp3) is 0.214. The molecule has 2 aromatic rings. The largest absolute Gasteiger partial charge is 0.480 e. The summed E-state index contributed by atoms with van der Waals surface area (Å²) in [5.41, 5.74) is 6.13. The van der Waals surface area contributed by atoms with Gasteiger partial charge in [-0.1, -0.05) is 6.07 Å². The third kappa shape index (κ3) is 2.71. The minimum Gasteiger partial charge on any atom is -0.480 e. The Kier molecular flexibility index (Phi) is 3.93. The standard InChI is InChI=1S/C14H15N3O4/c1-2-17-7-8(14(21)16-6-11(18)19)13(20)12-9(15)4-3-5-10(12)17/h3-5,7H,2,6,15H2,1H3,(H,16,21)(H,18,19). The number of benzene rings is 1. The number of hydrogen-bond donors (Lipinski definition) is 3. The zero-order valence-electron chi connectivity index (χ0n) is 11.4. The van der Waals surface area contributed by atoms with Crippen molar-refractivity contribution in [2.45, 2.75) is 13.5 Å². The smallest absolute Gasteiger partial charge is 0.322 e. The summed E-state index contributed by atoms with van der Waals surface area (Å²) in [5.74, 6) is -1.91. The number of aryl methyl sites for hydroxylation is 1. The fourth-order valence-corrected chi connectivity index (χ4v) is 2.14. The summed E-state index contributed by atoms with van der Waals surface area (Å²) in [6.07, 6.45) is 1.42. The Bertz CT molecular complexity index is 780. The van der Waals surface area contributed by atoms with Crippen molar-refractivity contribution in [3.05, 3.63) is 40.2 Å². The number of amides is 1. The van der Waals surface area contributed by atoms with Gasteiger partial charge in [-0.05, 0) is 19.1 Å². The zero-order valence-corrected chi connectivity index (χ0v) is 11.4. The van der Waals surface area contributed by atoms with Crippen LogP contribution >= 0.6 is 0 Å². The van der Waals surface area contributed by atoms with Crippen molar-refractivity contribution in [2.24, 2.45) is 0 Å². The Morgan fingerprint density at radius 3 is 2.71 bits per heavy atom. The third-order valence-electron chi connectivity index (χ3n) is 3.13. The van der Waals surface area contributed by atoms with E-state index in [0.29, 0.717) is 12.1 Å². The van der Waals surface area contributed by atoms with Crippen molar-refractivity contribution < 1.29 is 14.7 Å². The molecule has 1 aromatic heterocycles. The number of fused-ring (bicyclic) bond motifs is 1. The first-order chi connectivity index (χ1) is 9.95. The highest BCUT2D eigenvalue weighted by Crippen LogP contribution is 2.18. The molecule has 1 amide bonds. The fourth-order valence-electron chi connectivity index (χ4n) is 2.14. The van der Waals surface area contributed by atoms with Gasteiger partial charge in [0.25, 0.3) is 5.91 Å². The van der Waals surface area contributed by atoms with Gasteiger partial charge in [-0.15, -0.1) is 0 Å². The van der Waals surface area contributed by atoms with Gasteiger partial charge in [-0.25, -0.2) is 0 Å². The van der Waals surface area contributed by atoms with Gasteiger partial charge in [0.05, 0.1) is 10.9 Å². The van der Waals surface area contributed by atoms with Crippen LogP contribution in [0.15, 0.2) is 29.2 Å². The summed E-state index contributed by atoms with van der Waals surface area (Å²) in [4.78, 5) is 34.9. The van der Waals surface area contributed by atoms with Gasteiger partial charge in [0.1, 0.15) is 12.1 Å². The first kappa shape index (κ1) is 14.6. The molecule has 7 heteroatoms. The van der Waals surface area contributed by atoms with Crippen LogP contribution in [-0.2, 0) is 11.3 Å². The predicted octanol–water partition coefficient (Wildman–Crippen LogP) is 0.418. The number of carboxylic acids is 1. The predicted molar refractivity (Wildman–Crippen MR) is 78.3 cm³/mol. The van der Waals surface area contributed by atoms with Crippen molar-refractivity contribution in [3.8, 4) is 0 Å². The number of nitrogens with zero attached hydrogens (tertiary/aromatic N) is 1. The third-order valence-corrected chi connectivity index (χ3v) is 3.13. The monoisotopic (exact) mass is 289 g/mol. The molecule has 0 aliphatic carbocycles. The second-order valence-corrected chi connectivity index (χ2v) is 4.48. The lowest BCUT2D eigenvalue weighted by Crippen LogP contribution is -2.33. The van der Waals surface area contributed by atoms with Gasteiger partial charge >= 0.3 is 5.97 Å². The number of carboxylic acid groups (broad SMARTS) is 1. The number of nitrogens with two attached hydrogens (primary N) is 1. The summed E-state index contributed by atoms with van der Waals surface area (Å²) in [5, 5.41) is 11.0. The quantitative estimate of drug-likeness (QED) is 0.706. The molecule has 4 N–H and O–H groups in total. The van der Waals surface area contributed by atoms with Crippen molar-refractivity contribution in [2.75, 3.05) is 12.3 Å². The average molecular weight is 289 g/mol. The molecule has 7 nitrogen and oxygen atoms in total. The lowest BCUT2D eigenvalue weighted by Gasteiger charge is -2.12. The van der Waals surface area contributed by atoms with Crippen molar-refractivity contribution >= 4 is 28.5 Å². The number of nitrogens with one attached hydrogen (secondary N) is 1. The summed E-state index contributed by atoms with van der Waals surface area (Å²) >= 11 is 0. The van der Waals surface area contributed by atoms with Crippen LogP contribution in [0.2, 0.25) is 0 Å². The molecular weight excluding hydrogens is 274 g/mol. The highest BCUT2D eigenvalue weighted by atomic mass is 16.4. The average Bonchev–Trinajstić information content (AvgIpc) is 2.45. The Labute approximate surface area is 120 Å². The molecule has 0 fully saturated rings. The van der Waals surface area contributed by atoms with Crippen LogP contribution in [0, 0.1) is 0 Å². The number of carbonyl (C=O) groups excluding carboxylic acids is 1. The van der Waals surface area contributed by atoms with E-state index >= 15 is 0 Å². The van der Waals surface area contributed by atoms with E-state index < -0.39 is 23.9 Å². The van der Waals surface area contributed by atoms with Crippen molar-refractivity contribution in [3.63, 3.8) is 0 Å². The molecule has 0 bridgehead atoms. The first-order valence-corrected chi connectivity index (χ1v) is 6.37. The molecule has 0 saturated carbocycles. The molecule has 0 aliphatic rings. The van der Waals surface area contributed by atoms with Crippen LogP contribution in [0.25, 0.3) is 10.9 Å². The zero-order chi connectivity index (χ0) is 15.6. The number of rotatable bonds is 4. The molecule has 110 valence electrons. The van der Waals surface area contributed by atoms with E-state index in [1.54, 1.807) is 22.8 Å². The van der Waals surface area contributed by atoms with E-state index in [1.807, 2.05) is 6.92 Å². The SMILES string of the molecule is CCn1cc(C(=O)NCC(=O)O)c(=O)c2c(N)cccc21. The normalized spacial score (nSPS) is 10.5. The molecule has 0 radical (unpaired) electrons. The summed E-state index contributed by atoms with van der Waals surface area (Å²) < 4.78 is 1.72. The molecule has 0 spiro atoms. The Balaban J connectivity index is 2.63. The topological polar surface area (TPSA) is 114 Å². The number of hydrogen-bond acceptors (Lipinski definition) is 4. The van der Waals surface area contributed by atoms with E-state index in [1.165, 1.54) is 6.20 Å². The van der Waals surface area contributed by atoms with E-state index in [4.69, 9.17) is 10.8 Å². The summed E-state index contributed by atoms with van der Waals surface area (Å²) in [6.45, 7) is 1.86. The second kappa shape index (κ2) is 5.66. The van der Waals surface area contributed by atoms with Crippen LogP contribution in [0.1, 0.15) is 17.3 Å². The van der Waals surface area contributed by atoms with Crippen LogP contribution in [-0.4, -0.2) is 28.1 Å². The molecule has 2 rings (SSSR count). The lowest BCUT2D eigenvalue weighted by atomic mass is 10.1. The first-order valence-electron chi connectivity index (χ1n) is 6.37. The number of nitrogen functional groups attached to an aromatic ring is 1. The molecular formula is C14H15N3O4. The molecule has 0 unspecified atom stereocenters. The second-order valence-electron chi connectivity index (χ2n) is 4.48. The van der Waals surface area contributed by atoms with Gasteiger partial charge in [-0.3, -0.25) is 14.4 Å². The molecule has 0 aliphatic heterocycles.